The molecule has 0 spiro atoms. The van der Waals surface area contributed by atoms with Crippen molar-refractivity contribution in [2.45, 2.75) is 0 Å². The van der Waals surface area contributed by atoms with Gasteiger partial charge in [0.1, 0.15) is 24.1 Å². The fourth-order valence-corrected chi connectivity index (χ4v) is 1.22. The Balaban J connectivity index is 2.55. The van der Waals surface area contributed by atoms with Gasteiger partial charge in [-0.3, -0.25) is 0 Å². The lowest BCUT2D eigenvalue weighted by Crippen LogP contribution is -1.99. The monoisotopic (exact) mass is 190 g/mol. The fourth-order valence-electron chi connectivity index (χ4n) is 1.22. The zero-order valence-corrected chi connectivity index (χ0v) is 7.71. The molecular weight excluding hydrogens is 180 g/mol. The highest BCUT2D eigenvalue weighted by molar-refractivity contribution is 5.55. The number of rotatable bonds is 2. The van der Waals surface area contributed by atoms with E-state index in [4.69, 9.17) is 10.5 Å². The zero-order valence-electron chi connectivity index (χ0n) is 7.71. The number of hydrogen-bond acceptors (Lipinski definition) is 4. The van der Waals surface area contributed by atoms with Gasteiger partial charge in [-0.15, -0.1) is 0 Å². The molecule has 0 bridgehead atoms. The van der Waals surface area contributed by atoms with Crippen molar-refractivity contribution in [1.29, 1.82) is 0 Å². The van der Waals surface area contributed by atoms with E-state index in [0.717, 1.165) is 5.69 Å². The van der Waals surface area contributed by atoms with E-state index in [0.29, 0.717) is 11.4 Å². The van der Waals surface area contributed by atoms with Gasteiger partial charge in [0.2, 0.25) is 0 Å². The summed E-state index contributed by atoms with van der Waals surface area (Å²) in [4.78, 5) is 3.86. The van der Waals surface area contributed by atoms with Gasteiger partial charge in [0, 0.05) is 5.69 Å². The summed E-state index contributed by atoms with van der Waals surface area (Å²) in [6.45, 7) is 0. The number of nitrogen functional groups attached to an aromatic ring is 1. The second-order valence-corrected chi connectivity index (χ2v) is 2.77. The van der Waals surface area contributed by atoms with E-state index < -0.39 is 0 Å². The van der Waals surface area contributed by atoms with Gasteiger partial charge in [-0.05, 0) is 18.2 Å². The van der Waals surface area contributed by atoms with Gasteiger partial charge >= 0.3 is 0 Å². The van der Waals surface area contributed by atoms with Crippen LogP contribution in [-0.4, -0.2) is 21.9 Å². The van der Waals surface area contributed by atoms with Gasteiger partial charge in [-0.2, -0.15) is 5.10 Å². The second-order valence-electron chi connectivity index (χ2n) is 2.77. The van der Waals surface area contributed by atoms with Crippen LogP contribution in [-0.2, 0) is 0 Å². The Morgan fingerprint density at radius 3 is 2.93 bits per heavy atom. The van der Waals surface area contributed by atoms with Crippen molar-refractivity contribution in [2.24, 2.45) is 0 Å². The Kier molecular flexibility index (Phi) is 2.06. The molecule has 0 unspecified atom stereocenters. The van der Waals surface area contributed by atoms with E-state index in [1.807, 2.05) is 0 Å². The third-order valence-corrected chi connectivity index (χ3v) is 1.87. The number of anilines is 1. The molecule has 72 valence electrons. The first kappa shape index (κ1) is 8.55. The van der Waals surface area contributed by atoms with Crippen LogP contribution in [0.25, 0.3) is 5.69 Å². The van der Waals surface area contributed by atoms with E-state index in [-0.39, 0.29) is 0 Å². The van der Waals surface area contributed by atoms with Gasteiger partial charge in [-0.25, -0.2) is 9.67 Å². The maximum atomic E-state index is 5.67. The average molecular weight is 190 g/mol. The molecule has 2 aromatic rings. The van der Waals surface area contributed by atoms with Crippen LogP contribution in [0.2, 0.25) is 0 Å². The van der Waals surface area contributed by atoms with Gasteiger partial charge in [0.25, 0.3) is 0 Å². The van der Waals surface area contributed by atoms with Crippen molar-refractivity contribution in [3.8, 4) is 11.4 Å². The largest absolute Gasteiger partial charge is 0.494 e. The summed E-state index contributed by atoms with van der Waals surface area (Å²) in [7, 11) is 1.60. The summed E-state index contributed by atoms with van der Waals surface area (Å²) in [6.07, 6.45) is 3.06. The molecule has 1 aromatic heterocycles. The van der Waals surface area contributed by atoms with Crippen molar-refractivity contribution < 1.29 is 4.74 Å². The van der Waals surface area contributed by atoms with Crippen molar-refractivity contribution in [3.05, 3.63) is 30.9 Å². The molecule has 0 atom stereocenters. The lowest BCUT2D eigenvalue weighted by Gasteiger charge is -2.08. The van der Waals surface area contributed by atoms with Crippen LogP contribution in [0.15, 0.2) is 30.9 Å². The molecule has 5 heteroatoms. The molecule has 2 N–H and O–H groups in total. The lowest BCUT2D eigenvalue weighted by molar-refractivity contribution is 0.412. The van der Waals surface area contributed by atoms with Crippen molar-refractivity contribution >= 4 is 5.69 Å². The van der Waals surface area contributed by atoms with Crippen LogP contribution in [0.3, 0.4) is 0 Å². The highest BCUT2D eigenvalue weighted by Gasteiger charge is 2.05. The average Bonchev–Trinajstić information content (AvgIpc) is 2.70. The first-order valence-corrected chi connectivity index (χ1v) is 4.10. The van der Waals surface area contributed by atoms with Gasteiger partial charge in [-0.1, -0.05) is 0 Å². The predicted molar refractivity (Wildman–Crippen MR) is 52.3 cm³/mol. The summed E-state index contributed by atoms with van der Waals surface area (Å²) in [6, 6.07) is 5.36. The molecule has 5 nitrogen and oxygen atoms in total. The van der Waals surface area contributed by atoms with Gasteiger partial charge < -0.3 is 10.5 Å². The molecule has 1 aromatic carbocycles. The molecule has 0 aliphatic carbocycles. The first-order chi connectivity index (χ1) is 6.81. The van der Waals surface area contributed by atoms with Crippen LogP contribution in [0.5, 0.6) is 5.75 Å². The minimum Gasteiger partial charge on any atom is -0.494 e. The molecule has 0 saturated carbocycles. The van der Waals surface area contributed by atoms with Crippen LogP contribution in [0, 0.1) is 0 Å². The second kappa shape index (κ2) is 3.37. The molecule has 0 saturated heterocycles. The standard InChI is InChI=1S/C9H10N4O/c1-14-9-3-2-7(10)4-8(9)13-6-11-5-12-13/h2-6H,10H2,1H3. The molecule has 1 heterocycles. The molecule has 2 rings (SSSR count). The number of nitrogens with two attached hydrogens (primary N) is 1. The SMILES string of the molecule is COc1ccc(N)cc1-n1cncn1. The number of methoxy groups -OCH3 is 1. The van der Waals surface area contributed by atoms with E-state index in [2.05, 4.69) is 10.1 Å². The zero-order chi connectivity index (χ0) is 9.97. The topological polar surface area (TPSA) is 66.0 Å². The van der Waals surface area contributed by atoms with Crippen LogP contribution >= 0.6 is 0 Å². The van der Waals surface area contributed by atoms with Gasteiger partial charge in [0.15, 0.2) is 0 Å². The third-order valence-electron chi connectivity index (χ3n) is 1.87. The maximum Gasteiger partial charge on any atom is 0.144 e. The first-order valence-electron chi connectivity index (χ1n) is 4.10. The Hall–Kier alpha value is -2.04. The lowest BCUT2D eigenvalue weighted by atomic mass is 10.2. The Labute approximate surface area is 81.1 Å². The number of aromatic nitrogens is 3. The molecule has 0 aliphatic rings. The minimum atomic E-state index is 0.663. The summed E-state index contributed by atoms with van der Waals surface area (Å²) in [5.74, 6) is 0.713. The van der Waals surface area contributed by atoms with Crippen molar-refractivity contribution in [2.75, 3.05) is 12.8 Å². The van der Waals surface area contributed by atoms with E-state index in [1.165, 1.54) is 6.33 Å². The van der Waals surface area contributed by atoms with Crippen LogP contribution in [0.1, 0.15) is 0 Å². The molecule has 0 aliphatic heterocycles. The Bertz CT molecular complexity index is 424. The summed E-state index contributed by atoms with van der Waals surface area (Å²) >= 11 is 0. The smallest absolute Gasteiger partial charge is 0.144 e. The summed E-state index contributed by atoms with van der Waals surface area (Å²) < 4.78 is 6.79. The highest BCUT2D eigenvalue weighted by atomic mass is 16.5. The molecular formula is C9H10N4O. The maximum absolute atomic E-state index is 5.67. The summed E-state index contributed by atoms with van der Waals surface area (Å²) in [5.41, 5.74) is 7.12. The quantitative estimate of drug-likeness (QED) is 0.713. The Morgan fingerprint density at radius 2 is 2.29 bits per heavy atom. The Morgan fingerprint density at radius 1 is 1.43 bits per heavy atom. The number of nitrogens with zero attached hydrogens (tertiary/aromatic N) is 3. The third kappa shape index (κ3) is 1.39. The molecule has 0 amide bonds. The number of ether oxygens (including phenoxy) is 1. The molecule has 14 heavy (non-hydrogen) atoms. The minimum absolute atomic E-state index is 0.663. The van der Waals surface area contributed by atoms with Crippen molar-refractivity contribution in [1.82, 2.24) is 14.8 Å². The molecule has 0 fully saturated rings. The van der Waals surface area contributed by atoms with Crippen LogP contribution in [0.4, 0.5) is 5.69 Å². The van der Waals surface area contributed by atoms with Crippen molar-refractivity contribution in [3.63, 3.8) is 0 Å². The number of hydrogen-bond donors (Lipinski definition) is 1. The predicted octanol–water partition coefficient (Wildman–Crippen LogP) is 0.858. The highest BCUT2D eigenvalue weighted by Crippen LogP contribution is 2.23. The van der Waals surface area contributed by atoms with E-state index in [1.54, 1.807) is 36.3 Å². The molecule has 0 radical (unpaired) electrons. The van der Waals surface area contributed by atoms with E-state index in [9.17, 15) is 0 Å². The normalized spacial score (nSPS) is 10.1. The number of benzene rings is 1. The summed E-state index contributed by atoms with van der Waals surface area (Å²) in [5, 5.41) is 4.01. The van der Waals surface area contributed by atoms with E-state index >= 15 is 0 Å². The van der Waals surface area contributed by atoms with Gasteiger partial charge in [0.05, 0.1) is 7.11 Å². The van der Waals surface area contributed by atoms with Crippen LogP contribution < -0.4 is 10.5 Å². The fraction of sp³-hybridized carbons (Fsp3) is 0.111.